The highest BCUT2D eigenvalue weighted by Gasteiger charge is 2.37. The predicted molar refractivity (Wildman–Crippen MR) is 101 cm³/mol. The molecule has 6 heteroatoms. The topological polar surface area (TPSA) is 90.2 Å². The number of nitrogens with one attached hydrogen (secondary N) is 1. The number of carbonyl (C=O) groups is 2. The number of carboxylic acids is 1. The highest BCUT2D eigenvalue weighted by molar-refractivity contribution is 7.16. The first-order chi connectivity index (χ1) is 12.4. The number of nitriles is 1. The Labute approximate surface area is 158 Å². The van der Waals surface area contributed by atoms with Crippen molar-refractivity contribution in [2.24, 2.45) is 11.3 Å². The first-order valence-corrected chi connectivity index (χ1v) is 10.3. The van der Waals surface area contributed by atoms with Crippen LogP contribution in [0, 0.1) is 22.7 Å². The van der Waals surface area contributed by atoms with E-state index in [9.17, 15) is 20.0 Å². The van der Waals surface area contributed by atoms with Crippen LogP contribution in [0.4, 0.5) is 5.00 Å². The van der Waals surface area contributed by atoms with Crippen molar-refractivity contribution in [3.05, 3.63) is 16.0 Å². The van der Waals surface area contributed by atoms with Gasteiger partial charge in [0, 0.05) is 11.3 Å². The molecule has 0 bridgehead atoms. The Balaban J connectivity index is 1.75. The third kappa shape index (κ3) is 4.09. The lowest BCUT2D eigenvalue weighted by atomic mass is 9.69. The third-order valence-electron chi connectivity index (χ3n) is 5.85. The van der Waals surface area contributed by atoms with E-state index in [1.807, 2.05) is 0 Å². The number of carboxylic acid groups (broad SMARTS) is 1. The number of hydrogen-bond donors (Lipinski definition) is 2. The summed E-state index contributed by atoms with van der Waals surface area (Å²) in [5, 5.41) is 22.4. The van der Waals surface area contributed by atoms with Crippen LogP contribution >= 0.6 is 11.3 Å². The molecule has 0 saturated heterocycles. The molecule has 140 valence electrons. The van der Waals surface area contributed by atoms with E-state index in [0.717, 1.165) is 56.9 Å². The summed E-state index contributed by atoms with van der Waals surface area (Å²) in [7, 11) is 0. The average Bonchev–Trinajstić information content (AvgIpc) is 2.90. The minimum Gasteiger partial charge on any atom is -0.481 e. The van der Waals surface area contributed by atoms with Crippen molar-refractivity contribution in [3.8, 4) is 6.07 Å². The molecule has 1 aromatic rings. The fourth-order valence-corrected chi connectivity index (χ4v) is 5.88. The van der Waals surface area contributed by atoms with Gasteiger partial charge >= 0.3 is 5.97 Å². The van der Waals surface area contributed by atoms with E-state index in [2.05, 4.69) is 18.3 Å². The minimum atomic E-state index is -0.835. The summed E-state index contributed by atoms with van der Waals surface area (Å²) in [6, 6.07) is 2.27. The average molecular weight is 375 g/mol. The second-order valence-corrected chi connectivity index (χ2v) is 9.13. The van der Waals surface area contributed by atoms with E-state index in [-0.39, 0.29) is 18.7 Å². The molecular weight excluding hydrogens is 348 g/mol. The highest BCUT2D eigenvalue weighted by Crippen LogP contribution is 2.43. The standard InChI is InChI=1S/C20H26N2O3S/c1-13-5-6-14-15(12-21)19(26-16(14)9-13)22-17(23)10-20(11-18(24)25)7-3-2-4-8-20/h13H,2-11H2,1H3,(H,22,23)(H,24,25)/t13-/m0/s1. The Morgan fingerprint density at radius 3 is 2.69 bits per heavy atom. The van der Waals surface area contributed by atoms with Gasteiger partial charge in [-0.15, -0.1) is 11.3 Å². The van der Waals surface area contributed by atoms with Crippen molar-refractivity contribution in [3.63, 3.8) is 0 Å². The van der Waals surface area contributed by atoms with Crippen LogP contribution in [0.2, 0.25) is 0 Å². The molecule has 1 fully saturated rings. The van der Waals surface area contributed by atoms with Crippen molar-refractivity contribution < 1.29 is 14.7 Å². The molecule has 2 aliphatic carbocycles. The van der Waals surface area contributed by atoms with E-state index in [4.69, 9.17) is 0 Å². The Morgan fingerprint density at radius 1 is 1.31 bits per heavy atom. The van der Waals surface area contributed by atoms with Crippen LogP contribution in [-0.4, -0.2) is 17.0 Å². The quantitative estimate of drug-likeness (QED) is 0.794. The predicted octanol–water partition coefficient (Wildman–Crippen LogP) is 4.50. The fraction of sp³-hybridized carbons (Fsp3) is 0.650. The summed E-state index contributed by atoms with van der Waals surface area (Å²) in [5.74, 6) is -0.383. The van der Waals surface area contributed by atoms with Crippen LogP contribution in [0.15, 0.2) is 0 Å². The Morgan fingerprint density at radius 2 is 2.04 bits per heavy atom. The summed E-state index contributed by atoms with van der Waals surface area (Å²) in [4.78, 5) is 25.2. The zero-order chi connectivity index (χ0) is 18.7. The van der Waals surface area contributed by atoms with Gasteiger partial charge in [0.2, 0.25) is 5.91 Å². The van der Waals surface area contributed by atoms with Crippen molar-refractivity contribution in [1.82, 2.24) is 0 Å². The molecule has 5 nitrogen and oxygen atoms in total. The van der Waals surface area contributed by atoms with Gasteiger partial charge in [-0.05, 0) is 49.0 Å². The summed E-state index contributed by atoms with van der Waals surface area (Å²) in [6.45, 7) is 2.21. The SMILES string of the molecule is C[C@H]1CCc2c(sc(NC(=O)CC3(CC(=O)O)CCCCC3)c2C#N)C1. The molecule has 1 atom stereocenters. The van der Waals surface area contributed by atoms with Crippen molar-refractivity contribution >= 4 is 28.2 Å². The number of amides is 1. The third-order valence-corrected chi connectivity index (χ3v) is 7.02. The van der Waals surface area contributed by atoms with E-state index in [0.29, 0.717) is 16.5 Å². The van der Waals surface area contributed by atoms with Crippen LogP contribution in [-0.2, 0) is 22.4 Å². The molecule has 2 N–H and O–H groups in total. The Bertz CT molecular complexity index is 741. The fourth-order valence-electron chi connectivity index (χ4n) is 4.51. The monoisotopic (exact) mass is 374 g/mol. The molecule has 0 spiro atoms. The first-order valence-electron chi connectivity index (χ1n) is 9.49. The second-order valence-electron chi connectivity index (χ2n) is 8.02. The molecule has 2 aliphatic rings. The molecule has 1 heterocycles. The Kier molecular flexibility index (Phi) is 5.67. The van der Waals surface area contributed by atoms with E-state index in [1.54, 1.807) is 0 Å². The number of rotatable bonds is 5. The number of aliphatic carboxylic acids is 1. The molecular formula is C20H26N2O3S. The number of hydrogen-bond acceptors (Lipinski definition) is 4. The number of anilines is 1. The molecule has 0 aliphatic heterocycles. The summed E-state index contributed by atoms with van der Waals surface area (Å²) in [5.41, 5.74) is 1.27. The van der Waals surface area contributed by atoms with Gasteiger partial charge in [-0.3, -0.25) is 9.59 Å². The van der Waals surface area contributed by atoms with E-state index >= 15 is 0 Å². The van der Waals surface area contributed by atoms with Crippen molar-refractivity contribution in [2.45, 2.75) is 71.1 Å². The maximum atomic E-state index is 12.7. The number of thiophene rings is 1. The van der Waals surface area contributed by atoms with Gasteiger partial charge in [-0.2, -0.15) is 5.26 Å². The van der Waals surface area contributed by atoms with E-state index < -0.39 is 11.4 Å². The molecule has 0 unspecified atom stereocenters. The number of carbonyl (C=O) groups excluding carboxylic acids is 1. The molecule has 1 aromatic heterocycles. The van der Waals surface area contributed by atoms with Gasteiger partial charge in [-0.25, -0.2) is 0 Å². The van der Waals surface area contributed by atoms with Crippen LogP contribution in [0.5, 0.6) is 0 Å². The largest absolute Gasteiger partial charge is 0.481 e. The molecule has 0 radical (unpaired) electrons. The van der Waals surface area contributed by atoms with Gasteiger partial charge in [0.15, 0.2) is 0 Å². The minimum absolute atomic E-state index is 0.0456. The molecule has 0 aromatic carbocycles. The van der Waals surface area contributed by atoms with Crippen LogP contribution < -0.4 is 5.32 Å². The normalized spacial score (nSPS) is 21.5. The first kappa shape index (κ1) is 18.9. The summed E-state index contributed by atoms with van der Waals surface area (Å²) >= 11 is 1.52. The highest BCUT2D eigenvalue weighted by atomic mass is 32.1. The second kappa shape index (κ2) is 7.79. The number of fused-ring (bicyclic) bond motifs is 1. The summed E-state index contributed by atoms with van der Waals surface area (Å²) < 4.78 is 0. The summed E-state index contributed by atoms with van der Waals surface area (Å²) in [6.07, 6.45) is 7.86. The number of nitrogens with zero attached hydrogens (tertiary/aromatic N) is 1. The van der Waals surface area contributed by atoms with Crippen molar-refractivity contribution in [1.29, 1.82) is 5.26 Å². The Hall–Kier alpha value is -1.87. The van der Waals surface area contributed by atoms with Gasteiger partial charge in [-0.1, -0.05) is 26.2 Å². The van der Waals surface area contributed by atoms with Gasteiger partial charge < -0.3 is 10.4 Å². The van der Waals surface area contributed by atoms with Crippen LogP contribution in [0.25, 0.3) is 0 Å². The lowest BCUT2D eigenvalue weighted by Crippen LogP contribution is -2.32. The van der Waals surface area contributed by atoms with E-state index in [1.165, 1.54) is 16.2 Å². The molecule has 26 heavy (non-hydrogen) atoms. The van der Waals surface area contributed by atoms with Gasteiger partial charge in [0.25, 0.3) is 0 Å². The molecule has 1 saturated carbocycles. The van der Waals surface area contributed by atoms with Crippen molar-refractivity contribution in [2.75, 3.05) is 5.32 Å². The van der Waals surface area contributed by atoms with Gasteiger partial charge in [0.05, 0.1) is 12.0 Å². The smallest absolute Gasteiger partial charge is 0.303 e. The zero-order valence-corrected chi connectivity index (χ0v) is 16.1. The molecule has 1 amide bonds. The zero-order valence-electron chi connectivity index (χ0n) is 15.3. The van der Waals surface area contributed by atoms with Crippen LogP contribution in [0.1, 0.15) is 74.3 Å². The van der Waals surface area contributed by atoms with Crippen LogP contribution in [0.3, 0.4) is 0 Å². The lowest BCUT2D eigenvalue weighted by Gasteiger charge is -2.35. The lowest BCUT2D eigenvalue weighted by molar-refractivity contribution is -0.140. The maximum Gasteiger partial charge on any atom is 0.303 e. The van der Waals surface area contributed by atoms with Gasteiger partial charge in [0.1, 0.15) is 11.1 Å². The maximum absolute atomic E-state index is 12.7. The molecule has 3 rings (SSSR count).